The van der Waals surface area contributed by atoms with Crippen LogP contribution >= 0.6 is 0 Å². The van der Waals surface area contributed by atoms with Crippen molar-refractivity contribution in [2.75, 3.05) is 75.8 Å². The van der Waals surface area contributed by atoms with Crippen LogP contribution in [0.15, 0.2) is 12.1 Å². The maximum absolute atomic E-state index is 15.1. The first-order valence-electron chi connectivity index (χ1n) is 11.9. The number of carbonyl (C=O) groups excluding carboxylic acids is 3. The lowest BCUT2D eigenvalue weighted by Gasteiger charge is -2.35. The molecule has 3 fully saturated rings. The predicted octanol–water partition coefficient (Wildman–Crippen LogP) is 1.65. The monoisotopic (exact) mass is 494 g/mol. The normalized spacial score (nSPS) is 21.8. The minimum atomic E-state index is -0.793. The number of ether oxygens (including phenoxy) is 1. The summed E-state index contributed by atoms with van der Waals surface area (Å²) < 4.78 is 35.5. The van der Waals surface area contributed by atoms with Crippen molar-refractivity contribution >= 4 is 29.3 Å². The zero-order chi connectivity index (χ0) is 25.1. The maximum Gasteiger partial charge on any atom is 0.414 e. The van der Waals surface area contributed by atoms with E-state index in [1.54, 1.807) is 9.80 Å². The molecular weight excluding hydrogens is 462 g/mol. The van der Waals surface area contributed by atoms with Crippen molar-refractivity contribution < 1.29 is 27.9 Å². The smallest absolute Gasteiger partial charge is 0.414 e. The van der Waals surface area contributed by atoms with Gasteiger partial charge in [0.05, 0.1) is 18.8 Å². The number of benzene rings is 1. The molecule has 0 aliphatic carbocycles. The molecule has 4 rings (SSSR count). The van der Waals surface area contributed by atoms with Crippen LogP contribution in [0.25, 0.3) is 0 Å². The third-order valence-corrected chi connectivity index (χ3v) is 6.60. The summed E-state index contributed by atoms with van der Waals surface area (Å²) in [4.78, 5) is 43.0. The Labute approximate surface area is 203 Å². The van der Waals surface area contributed by atoms with Crippen LogP contribution in [0, 0.1) is 11.6 Å². The third-order valence-electron chi connectivity index (χ3n) is 6.60. The first-order chi connectivity index (χ1) is 16.7. The van der Waals surface area contributed by atoms with E-state index in [9.17, 15) is 14.4 Å². The Hall–Kier alpha value is -2.99. The molecule has 1 N–H and O–H groups in total. The van der Waals surface area contributed by atoms with Gasteiger partial charge in [0.2, 0.25) is 0 Å². The molecule has 3 aliphatic rings. The van der Waals surface area contributed by atoms with Crippen LogP contribution in [0.4, 0.5) is 29.7 Å². The number of halogens is 2. The van der Waals surface area contributed by atoms with Gasteiger partial charge in [-0.25, -0.2) is 23.8 Å². The summed E-state index contributed by atoms with van der Waals surface area (Å²) in [5.41, 5.74) is 2.94. The summed E-state index contributed by atoms with van der Waals surface area (Å²) in [6.07, 6.45) is -0.560. The Morgan fingerprint density at radius 1 is 1.06 bits per heavy atom. The topological polar surface area (TPSA) is 88.7 Å². The lowest BCUT2D eigenvalue weighted by atomic mass is 10.1. The molecular formula is C23H32F2N6O4. The number of rotatable bonds is 5. The molecule has 0 spiro atoms. The molecule has 3 aliphatic heterocycles. The Morgan fingerprint density at radius 3 is 2.40 bits per heavy atom. The van der Waals surface area contributed by atoms with Crippen LogP contribution in [0.2, 0.25) is 0 Å². The van der Waals surface area contributed by atoms with Gasteiger partial charge in [0.25, 0.3) is 0 Å². The molecule has 1 aromatic rings. The van der Waals surface area contributed by atoms with E-state index in [1.807, 2.05) is 7.05 Å². The van der Waals surface area contributed by atoms with Crippen LogP contribution in [-0.2, 0) is 9.53 Å². The van der Waals surface area contributed by atoms with Crippen LogP contribution in [-0.4, -0.2) is 105 Å². The third kappa shape index (κ3) is 5.81. The van der Waals surface area contributed by atoms with Crippen molar-refractivity contribution in [1.82, 2.24) is 20.2 Å². The molecule has 0 saturated carbocycles. The van der Waals surface area contributed by atoms with Crippen molar-refractivity contribution in [2.45, 2.75) is 25.9 Å². The molecule has 3 saturated heterocycles. The Balaban J connectivity index is 1.41. The van der Waals surface area contributed by atoms with Gasteiger partial charge in [-0.1, -0.05) is 0 Å². The van der Waals surface area contributed by atoms with Gasteiger partial charge >= 0.3 is 12.1 Å². The van der Waals surface area contributed by atoms with Crippen LogP contribution < -0.4 is 15.2 Å². The summed E-state index contributed by atoms with van der Waals surface area (Å²) in [5.74, 6) is -1.60. The number of hydrogen-bond acceptors (Lipinski definition) is 7. The molecule has 0 unspecified atom stereocenters. The average molecular weight is 495 g/mol. The zero-order valence-electron chi connectivity index (χ0n) is 20.1. The second-order valence-electron chi connectivity index (χ2n) is 9.23. The number of piperazine rings is 1. The highest BCUT2D eigenvalue weighted by Gasteiger charge is 2.34. The standard InChI is InChI=1S/C23H32F2N6O4/c1-16(32)3-4-18-15-30(23(34)35-18)17-13-19(24)21(20(25)14-17)28-6-5-26-31(12-11-28)22(33)29-9-7-27(2)8-10-29/h13-14,18,26H,3-12,15H2,1-2H3/t18-/m0/s1. The minimum Gasteiger partial charge on any atom is -0.444 e. The summed E-state index contributed by atoms with van der Waals surface area (Å²) in [5, 5.41) is 1.51. The second-order valence-corrected chi connectivity index (χ2v) is 9.23. The predicted molar refractivity (Wildman–Crippen MR) is 125 cm³/mol. The fraction of sp³-hybridized carbons (Fsp3) is 0.609. The second kappa shape index (κ2) is 10.7. The molecule has 12 heteroatoms. The van der Waals surface area contributed by atoms with Gasteiger partial charge in [0.15, 0.2) is 11.6 Å². The van der Waals surface area contributed by atoms with Gasteiger partial charge in [-0.2, -0.15) is 0 Å². The number of anilines is 2. The average Bonchev–Trinajstić information content (AvgIpc) is 3.02. The number of urea groups is 1. The first-order valence-corrected chi connectivity index (χ1v) is 11.9. The lowest BCUT2D eigenvalue weighted by Crippen LogP contribution is -2.55. The summed E-state index contributed by atoms with van der Waals surface area (Å²) in [6.45, 7) is 5.62. The molecule has 0 radical (unpaired) electrons. The quantitative estimate of drug-likeness (QED) is 0.666. The van der Waals surface area contributed by atoms with Crippen LogP contribution in [0.1, 0.15) is 19.8 Å². The SMILES string of the molecule is CC(=O)CC[C@H]1CN(c2cc(F)c(N3CCNN(C(=O)N4CCN(C)CC4)CC3)c(F)c2)C(=O)O1. The van der Waals surface area contributed by atoms with Crippen molar-refractivity contribution in [2.24, 2.45) is 0 Å². The van der Waals surface area contributed by atoms with E-state index in [2.05, 4.69) is 10.3 Å². The van der Waals surface area contributed by atoms with Gasteiger partial charge in [0, 0.05) is 64.4 Å². The van der Waals surface area contributed by atoms with Crippen molar-refractivity contribution in [3.8, 4) is 0 Å². The molecule has 35 heavy (non-hydrogen) atoms. The number of ketones is 1. The minimum absolute atomic E-state index is 0.0170. The molecule has 192 valence electrons. The van der Waals surface area contributed by atoms with E-state index >= 15 is 8.78 Å². The van der Waals surface area contributed by atoms with Gasteiger partial charge in [0.1, 0.15) is 17.6 Å². The van der Waals surface area contributed by atoms with E-state index in [0.29, 0.717) is 32.6 Å². The van der Waals surface area contributed by atoms with Crippen LogP contribution in [0.3, 0.4) is 0 Å². The van der Waals surface area contributed by atoms with E-state index < -0.39 is 23.8 Å². The highest BCUT2D eigenvalue weighted by molar-refractivity contribution is 5.90. The number of cyclic esters (lactones) is 1. The van der Waals surface area contributed by atoms with Crippen LogP contribution in [0.5, 0.6) is 0 Å². The molecule has 0 aromatic heterocycles. The number of nitrogens with zero attached hydrogens (tertiary/aromatic N) is 5. The Kier molecular flexibility index (Phi) is 7.70. The van der Waals surface area contributed by atoms with E-state index in [4.69, 9.17) is 4.74 Å². The van der Waals surface area contributed by atoms with Gasteiger partial charge < -0.3 is 24.2 Å². The molecule has 3 heterocycles. The number of Topliss-reactive ketones (excluding diaryl/α,β-unsaturated/α-hetero) is 1. The fourth-order valence-electron chi connectivity index (χ4n) is 4.54. The van der Waals surface area contributed by atoms with E-state index in [1.165, 1.54) is 16.8 Å². The zero-order valence-corrected chi connectivity index (χ0v) is 20.1. The first kappa shape index (κ1) is 25.1. The molecule has 1 aromatic carbocycles. The maximum atomic E-state index is 15.1. The number of amides is 3. The highest BCUT2D eigenvalue weighted by atomic mass is 19.1. The van der Waals surface area contributed by atoms with Gasteiger partial charge in [-0.3, -0.25) is 9.91 Å². The number of likely N-dealkylation sites (N-methyl/N-ethyl adjacent to an activating group) is 1. The summed E-state index contributed by atoms with van der Waals surface area (Å²) >= 11 is 0. The Bertz CT molecular complexity index is 948. The number of hydrogen-bond donors (Lipinski definition) is 1. The van der Waals surface area contributed by atoms with Gasteiger partial charge in [-0.05, 0) is 20.4 Å². The summed E-state index contributed by atoms with van der Waals surface area (Å²) in [6, 6.07) is 2.11. The molecule has 1 atom stereocenters. The lowest BCUT2D eigenvalue weighted by molar-refractivity contribution is -0.117. The molecule has 3 amide bonds. The largest absolute Gasteiger partial charge is 0.444 e. The fourth-order valence-corrected chi connectivity index (χ4v) is 4.54. The highest BCUT2D eigenvalue weighted by Crippen LogP contribution is 2.31. The van der Waals surface area contributed by atoms with Crippen molar-refractivity contribution in [3.05, 3.63) is 23.8 Å². The van der Waals surface area contributed by atoms with E-state index in [0.717, 1.165) is 25.2 Å². The van der Waals surface area contributed by atoms with Crippen molar-refractivity contribution in [3.63, 3.8) is 0 Å². The number of nitrogens with one attached hydrogen (secondary N) is 1. The number of carbonyl (C=O) groups is 3. The van der Waals surface area contributed by atoms with Crippen molar-refractivity contribution in [1.29, 1.82) is 0 Å². The molecule has 0 bridgehead atoms. The van der Waals surface area contributed by atoms with Gasteiger partial charge in [-0.15, -0.1) is 0 Å². The summed E-state index contributed by atoms with van der Waals surface area (Å²) in [7, 11) is 2.01. The number of hydrazine groups is 1. The molecule has 10 nitrogen and oxygen atoms in total. The Morgan fingerprint density at radius 2 is 1.74 bits per heavy atom. The van der Waals surface area contributed by atoms with E-state index in [-0.39, 0.29) is 49.2 Å².